The van der Waals surface area contributed by atoms with E-state index in [0.29, 0.717) is 52.2 Å². The molecular formula is C22H29F4N3O6S. The molecule has 0 aliphatic carbocycles. The molecule has 0 spiro atoms. The zero-order valence-corrected chi connectivity index (χ0v) is 20.5. The van der Waals surface area contributed by atoms with E-state index in [0.717, 1.165) is 25.1 Å². The first-order valence-electron chi connectivity index (χ1n) is 11.4. The van der Waals surface area contributed by atoms with E-state index in [1.165, 1.54) is 16.4 Å². The molecule has 3 saturated heterocycles. The van der Waals surface area contributed by atoms with Gasteiger partial charge in [0.05, 0.1) is 23.5 Å². The molecule has 1 aromatic rings. The molecule has 4 rings (SSSR count). The van der Waals surface area contributed by atoms with E-state index in [-0.39, 0.29) is 16.8 Å². The Bertz CT molecular complexity index is 1050. The third kappa shape index (κ3) is 5.98. The molecule has 0 radical (unpaired) electrons. The van der Waals surface area contributed by atoms with Crippen molar-refractivity contribution in [1.82, 2.24) is 14.1 Å². The summed E-state index contributed by atoms with van der Waals surface area (Å²) < 4.78 is 78.0. The fourth-order valence-corrected chi connectivity index (χ4v) is 6.50. The number of sulfonamides is 1. The average Bonchev–Trinajstić information content (AvgIpc) is 3.02. The van der Waals surface area contributed by atoms with Gasteiger partial charge in [-0.15, -0.1) is 0 Å². The Kier molecular flexibility index (Phi) is 8.63. The summed E-state index contributed by atoms with van der Waals surface area (Å²) in [6, 6.07) is 4.95. The van der Waals surface area contributed by atoms with Crippen LogP contribution in [0.4, 0.5) is 17.6 Å². The molecule has 0 saturated carbocycles. The minimum Gasteiger partial charge on any atom is -0.475 e. The van der Waals surface area contributed by atoms with Crippen molar-refractivity contribution in [3.8, 4) is 0 Å². The molecule has 36 heavy (non-hydrogen) atoms. The summed E-state index contributed by atoms with van der Waals surface area (Å²) in [5.74, 6) is -3.09. The highest BCUT2D eigenvalue weighted by atomic mass is 32.2. The van der Waals surface area contributed by atoms with E-state index in [9.17, 15) is 30.8 Å². The quantitative estimate of drug-likeness (QED) is 0.584. The van der Waals surface area contributed by atoms with Crippen molar-refractivity contribution >= 4 is 21.9 Å². The molecule has 0 unspecified atom stereocenters. The van der Waals surface area contributed by atoms with Crippen LogP contribution in [-0.2, 0) is 24.3 Å². The fourth-order valence-electron chi connectivity index (χ4n) is 5.04. The van der Waals surface area contributed by atoms with Gasteiger partial charge < -0.3 is 19.6 Å². The van der Waals surface area contributed by atoms with E-state index < -0.39 is 33.4 Å². The van der Waals surface area contributed by atoms with E-state index in [2.05, 4.69) is 4.90 Å². The zero-order chi connectivity index (χ0) is 26.7. The van der Waals surface area contributed by atoms with Crippen molar-refractivity contribution in [3.63, 3.8) is 0 Å². The molecule has 3 aliphatic rings. The number of hydrogen-bond acceptors (Lipinski definition) is 6. The van der Waals surface area contributed by atoms with Crippen molar-refractivity contribution in [3.05, 3.63) is 30.1 Å². The topological polar surface area (TPSA) is 107 Å². The number of carbonyl (C=O) groups excluding carboxylic acids is 1. The largest absolute Gasteiger partial charge is 0.490 e. The van der Waals surface area contributed by atoms with Crippen LogP contribution < -0.4 is 0 Å². The number of ether oxygens (including phenoxy) is 1. The van der Waals surface area contributed by atoms with Crippen LogP contribution in [0, 0.1) is 11.2 Å². The highest BCUT2D eigenvalue weighted by Gasteiger charge is 2.54. The molecule has 3 fully saturated rings. The summed E-state index contributed by atoms with van der Waals surface area (Å²) in [6.07, 6.45) is -3.24. The molecule has 0 bridgehead atoms. The minimum atomic E-state index is -5.08. The molecule has 1 N–H and O–H groups in total. The maximum Gasteiger partial charge on any atom is 0.490 e. The molecule has 3 heterocycles. The monoisotopic (exact) mass is 539 g/mol. The van der Waals surface area contributed by atoms with Crippen LogP contribution in [0.15, 0.2) is 29.2 Å². The van der Waals surface area contributed by atoms with Crippen LogP contribution in [0.2, 0.25) is 0 Å². The number of alkyl halides is 3. The number of hydrogen-bond donors (Lipinski definition) is 1. The van der Waals surface area contributed by atoms with E-state index in [1.807, 2.05) is 11.9 Å². The Morgan fingerprint density at radius 1 is 1.03 bits per heavy atom. The number of amides is 1. The molecule has 3 aliphatic heterocycles. The molecule has 0 aromatic heterocycles. The van der Waals surface area contributed by atoms with Gasteiger partial charge in [0.15, 0.2) is 0 Å². The first kappa shape index (κ1) is 28.3. The Labute approximate surface area is 206 Å². The lowest BCUT2D eigenvalue weighted by molar-refractivity contribution is -0.192. The number of morpholine rings is 1. The maximum absolute atomic E-state index is 13.6. The number of carboxylic acid groups (broad SMARTS) is 1. The Morgan fingerprint density at radius 3 is 2.14 bits per heavy atom. The highest BCUT2D eigenvalue weighted by Crippen LogP contribution is 2.45. The first-order valence-corrected chi connectivity index (χ1v) is 12.9. The van der Waals surface area contributed by atoms with Gasteiger partial charge in [-0.05, 0) is 57.1 Å². The number of carboxylic acids is 1. The van der Waals surface area contributed by atoms with Gasteiger partial charge in [0.25, 0.3) is 0 Å². The zero-order valence-electron chi connectivity index (χ0n) is 19.7. The first-order chi connectivity index (χ1) is 16.8. The summed E-state index contributed by atoms with van der Waals surface area (Å²) in [6.45, 7) is 3.77. The van der Waals surface area contributed by atoms with Gasteiger partial charge in [-0.3, -0.25) is 4.79 Å². The summed E-state index contributed by atoms with van der Waals surface area (Å²) in [4.78, 5) is 26.6. The normalized spacial score (nSPS) is 25.9. The van der Waals surface area contributed by atoms with Crippen LogP contribution in [-0.4, -0.2) is 105 Å². The summed E-state index contributed by atoms with van der Waals surface area (Å²) >= 11 is 0. The molecule has 202 valence electrons. The number of benzene rings is 1. The lowest BCUT2D eigenvalue weighted by atomic mass is 9.75. The molecule has 14 heteroatoms. The molecular weight excluding hydrogens is 510 g/mol. The second kappa shape index (κ2) is 11.0. The van der Waals surface area contributed by atoms with E-state index in [4.69, 9.17) is 14.6 Å². The number of carbonyl (C=O) groups is 2. The van der Waals surface area contributed by atoms with Gasteiger partial charge in [0, 0.05) is 32.2 Å². The van der Waals surface area contributed by atoms with Gasteiger partial charge in [-0.1, -0.05) is 0 Å². The smallest absolute Gasteiger partial charge is 0.475 e. The molecule has 1 aromatic carbocycles. The van der Waals surface area contributed by atoms with Crippen LogP contribution in [0.1, 0.15) is 19.3 Å². The average molecular weight is 540 g/mol. The van der Waals surface area contributed by atoms with Crippen molar-refractivity contribution in [2.45, 2.75) is 36.4 Å². The predicted molar refractivity (Wildman–Crippen MR) is 119 cm³/mol. The van der Waals surface area contributed by atoms with Crippen molar-refractivity contribution in [2.24, 2.45) is 5.41 Å². The van der Waals surface area contributed by atoms with Gasteiger partial charge in [-0.2, -0.15) is 17.5 Å². The van der Waals surface area contributed by atoms with Crippen LogP contribution in [0.25, 0.3) is 0 Å². The molecule has 1 amide bonds. The molecule has 9 nitrogen and oxygen atoms in total. The highest BCUT2D eigenvalue weighted by molar-refractivity contribution is 7.89. The van der Waals surface area contributed by atoms with Gasteiger partial charge in [0.2, 0.25) is 15.9 Å². The minimum absolute atomic E-state index is 0.0197. The number of fused-ring (bicyclic) bond motifs is 1. The Hall–Kier alpha value is -2.29. The number of rotatable bonds is 3. The third-order valence-corrected chi connectivity index (χ3v) is 8.87. The van der Waals surface area contributed by atoms with Gasteiger partial charge in [-0.25, -0.2) is 17.6 Å². The fraction of sp³-hybridized carbons (Fsp3) is 0.636. The summed E-state index contributed by atoms with van der Waals surface area (Å²) in [5.41, 5.74) is -0.556. The maximum atomic E-state index is 13.6. The van der Waals surface area contributed by atoms with Crippen molar-refractivity contribution in [2.75, 3.05) is 53.0 Å². The lowest BCUT2D eigenvalue weighted by Gasteiger charge is -2.39. The Balaban J connectivity index is 0.000000454. The number of likely N-dealkylation sites (tertiary alicyclic amines) is 1. The van der Waals surface area contributed by atoms with Crippen molar-refractivity contribution < 1.29 is 45.4 Å². The van der Waals surface area contributed by atoms with Gasteiger partial charge >= 0.3 is 12.1 Å². The SMILES string of the molecule is CN1CC[C@@]2(C(=O)N3CCOCC3)CCN(S(=O)(=O)c3ccc(F)cc3)CC[C@@H]12.O=C(O)C(F)(F)F. The number of nitrogens with zero attached hydrogens (tertiary/aromatic N) is 3. The standard InChI is InChI=1S/C20H28FN3O4S.C2HF3O2/c1-22-10-7-20(19(25)23-12-14-28-15-13-23)8-11-24(9-6-18(20)22)29(26,27)17-4-2-16(21)3-5-17;3-2(4,5)1(6)7/h2-5,18H,6-15H2,1H3;(H,6,7)/t18-,20-;/m1./s1. The second-order valence-corrected chi connectivity index (χ2v) is 10.9. The van der Waals surface area contributed by atoms with Crippen LogP contribution >= 0.6 is 0 Å². The number of aliphatic carboxylic acids is 1. The summed E-state index contributed by atoms with van der Waals surface area (Å²) in [7, 11) is -1.71. The van der Waals surface area contributed by atoms with Crippen LogP contribution in [0.5, 0.6) is 0 Å². The predicted octanol–water partition coefficient (Wildman–Crippen LogP) is 1.79. The second-order valence-electron chi connectivity index (χ2n) is 9.01. The van der Waals surface area contributed by atoms with Gasteiger partial charge in [0.1, 0.15) is 5.82 Å². The van der Waals surface area contributed by atoms with E-state index in [1.54, 1.807) is 0 Å². The summed E-state index contributed by atoms with van der Waals surface area (Å²) in [5, 5.41) is 7.12. The Morgan fingerprint density at radius 2 is 1.58 bits per heavy atom. The van der Waals surface area contributed by atoms with Crippen molar-refractivity contribution in [1.29, 1.82) is 0 Å². The lowest BCUT2D eigenvalue weighted by Crippen LogP contribution is -2.53. The third-order valence-electron chi connectivity index (χ3n) is 6.96. The molecule has 2 atom stereocenters. The number of halogens is 4. The van der Waals surface area contributed by atoms with Crippen LogP contribution in [0.3, 0.4) is 0 Å². The van der Waals surface area contributed by atoms with E-state index >= 15 is 0 Å².